The number of urea groups is 1. The fourth-order valence-electron chi connectivity index (χ4n) is 0. The van der Waals surface area contributed by atoms with Crippen molar-refractivity contribution in [3.05, 3.63) is 0 Å². The third kappa shape index (κ3) is 1.77. The van der Waals surface area contributed by atoms with Gasteiger partial charge in [0, 0.05) is 7.05 Å². The fourth-order valence-corrected chi connectivity index (χ4v) is 0. The third-order valence-corrected chi connectivity index (χ3v) is 0.882. The lowest BCUT2D eigenvalue weighted by molar-refractivity contribution is 0.238. The Kier molecular flexibility index (Phi) is 1.66. The van der Waals surface area contributed by atoms with E-state index in [1.54, 1.807) is 7.05 Å². The van der Waals surface area contributed by atoms with E-state index in [0.717, 1.165) is 0 Å². The quantitative estimate of drug-likeness (QED) is 0.365. The second-order valence-electron chi connectivity index (χ2n) is 1.23. The van der Waals surface area contributed by atoms with Crippen molar-refractivity contribution < 1.29 is 4.79 Å². The summed E-state index contributed by atoms with van der Waals surface area (Å²) in [7, 11) is 2.37. The van der Waals surface area contributed by atoms with Crippen LogP contribution in [0, 0.1) is 0 Å². The van der Waals surface area contributed by atoms with Crippen LogP contribution < -0.4 is 5.73 Å². The fraction of sp³-hybridized carbons (Fsp3) is 0.500. The molecule has 3 nitrogen and oxygen atoms in total. The van der Waals surface area contributed by atoms with Gasteiger partial charge in [0.2, 0.25) is 0 Å². The number of amides is 2. The second-order valence-corrected chi connectivity index (χ2v) is 2.57. The molecule has 0 aromatic carbocycles. The van der Waals surface area contributed by atoms with E-state index in [2.05, 4.69) is 0 Å². The molecular weight excluding hydrogens is 96.1 g/mol. The predicted molar refractivity (Wildman–Crippen MR) is 27.3 cm³/mol. The SMILES string of the molecule is CN([SiH3])C(N)=O. The van der Waals surface area contributed by atoms with Crippen LogP contribution in [0.1, 0.15) is 0 Å². The number of carbonyl (C=O) groups excluding carboxylic acids is 1. The summed E-state index contributed by atoms with van der Waals surface area (Å²) in [6.45, 7) is 0. The summed E-state index contributed by atoms with van der Waals surface area (Å²) in [5.41, 5.74) is 4.76. The van der Waals surface area contributed by atoms with Gasteiger partial charge in [0.15, 0.2) is 0 Å². The molecule has 2 N–H and O–H groups in total. The highest BCUT2D eigenvalue weighted by Gasteiger charge is 1.87. The molecule has 0 radical (unpaired) electrons. The lowest BCUT2D eigenvalue weighted by atomic mass is 11.0. The Bertz CT molecular complexity index is 62.6. The lowest BCUT2D eigenvalue weighted by Gasteiger charge is -2.02. The minimum atomic E-state index is -0.346. The average molecular weight is 104 g/mol. The number of hydrogen-bond donors (Lipinski definition) is 1. The van der Waals surface area contributed by atoms with E-state index in [1.165, 1.54) is 4.57 Å². The van der Waals surface area contributed by atoms with Gasteiger partial charge in [-0.3, -0.25) is 0 Å². The van der Waals surface area contributed by atoms with Gasteiger partial charge in [-0.05, 0) is 0 Å². The molecule has 0 fully saturated rings. The van der Waals surface area contributed by atoms with Crippen LogP contribution in [0.2, 0.25) is 0 Å². The Morgan fingerprint density at radius 2 is 2.17 bits per heavy atom. The number of nitrogens with zero attached hydrogens (tertiary/aromatic N) is 1. The normalized spacial score (nSPS) is 8.17. The zero-order chi connectivity index (χ0) is 5.15. The molecule has 0 aliphatic rings. The number of primary amides is 1. The zero-order valence-electron chi connectivity index (χ0n) is 3.93. The van der Waals surface area contributed by atoms with Crippen LogP contribution >= 0.6 is 0 Å². The van der Waals surface area contributed by atoms with Gasteiger partial charge in [-0.2, -0.15) is 0 Å². The molecule has 0 saturated carbocycles. The van der Waals surface area contributed by atoms with Crippen LogP contribution in [0.3, 0.4) is 0 Å². The van der Waals surface area contributed by atoms with Crippen molar-refractivity contribution in [1.29, 1.82) is 0 Å². The monoisotopic (exact) mass is 104 g/mol. The van der Waals surface area contributed by atoms with Gasteiger partial charge >= 0.3 is 6.03 Å². The Morgan fingerprint density at radius 1 is 2.00 bits per heavy atom. The van der Waals surface area contributed by atoms with E-state index in [-0.39, 0.29) is 6.03 Å². The van der Waals surface area contributed by atoms with Crippen molar-refractivity contribution in [2.24, 2.45) is 5.73 Å². The van der Waals surface area contributed by atoms with E-state index < -0.39 is 0 Å². The first kappa shape index (κ1) is 5.49. The van der Waals surface area contributed by atoms with Gasteiger partial charge in [-0.25, -0.2) is 4.79 Å². The molecule has 0 bridgehead atoms. The summed E-state index contributed by atoms with van der Waals surface area (Å²) in [6, 6.07) is -0.346. The number of carbonyl (C=O) groups is 1. The van der Waals surface area contributed by atoms with Crippen LogP contribution in [0.5, 0.6) is 0 Å². The highest BCUT2D eigenvalue weighted by molar-refractivity contribution is 6.13. The van der Waals surface area contributed by atoms with Crippen molar-refractivity contribution in [3.63, 3.8) is 0 Å². The van der Waals surface area contributed by atoms with Gasteiger partial charge in [0.05, 0.1) is 0 Å². The van der Waals surface area contributed by atoms with Crippen molar-refractivity contribution in [2.45, 2.75) is 0 Å². The topological polar surface area (TPSA) is 46.3 Å². The minimum Gasteiger partial charge on any atom is -0.364 e. The molecule has 0 spiro atoms. The summed E-state index contributed by atoms with van der Waals surface area (Å²) in [6.07, 6.45) is 0. The van der Waals surface area contributed by atoms with Gasteiger partial charge in [-0.1, -0.05) is 0 Å². The van der Waals surface area contributed by atoms with Crippen LogP contribution in [0.4, 0.5) is 4.79 Å². The second kappa shape index (κ2) is 1.81. The standard InChI is InChI=1S/C2H8N2OSi/c1-4(6)2(3)5/h1,6H3,(H2,3,5). The summed E-state index contributed by atoms with van der Waals surface area (Å²) < 4.78 is 1.44. The summed E-state index contributed by atoms with van der Waals surface area (Å²) >= 11 is 0. The summed E-state index contributed by atoms with van der Waals surface area (Å²) in [4.78, 5) is 9.88. The molecule has 0 aliphatic heterocycles. The Balaban J connectivity index is 3.26. The van der Waals surface area contributed by atoms with Gasteiger partial charge < -0.3 is 10.3 Å². The van der Waals surface area contributed by atoms with Crippen molar-refractivity contribution in [1.82, 2.24) is 4.57 Å². The summed E-state index contributed by atoms with van der Waals surface area (Å²) in [5, 5.41) is 0. The van der Waals surface area contributed by atoms with Crippen molar-refractivity contribution in [3.8, 4) is 0 Å². The molecule has 0 atom stereocenters. The van der Waals surface area contributed by atoms with Crippen LogP contribution in [0.25, 0.3) is 0 Å². The highest BCUT2D eigenvalue weighted by atomic mass is 28.2. The Hall–Kier alpha value is -0.513. The largest absolute Gasteiger partial charge is 0.364 e. The molecule has 4 heteroatoms. The first-order valence-electron chi connectivity index (χ1n) is 1.61. The molecule has 6 heavy (non-hydrogen) atoms. The van der Waals surface area contributed by atoms with Crippen molar-refractivity contribution in [2.75, 3.05) is 7.05 Å². The minimum absolute atomic E-state index is 0.346. The molecule has 0 heterocycles. The Morgan fingerprint density at radius 3 is 2.17 bits per heavy atom. The van der Waals surface area contributed by atoms with Gasteiger partial charge in [0.1, 0.15) is 10.4 Å². The Labute approximate surface area is 39.6 Å². The van der Waals surface area contributed by atoms with Crippen LogP contribution in [0.15, 0.2) is 0 Å². The maximum atomic E-state index is 9.88. The van der Waals surface area contributed by atoms with Gasteiger partial charge in [0.25, 0.3) is 0 Å². The smallest absolute Gasteiger partial charge is 0.305 e. The first-order valence-corrected chi connectivity index (χ1v) is 2.51. The molecular formula is C2H8N2OSi. The number of nitrogens with two attached hydrogens (primary N) is 1. The average Bonchev–Trinajstić information content (AvgIpc) is 1.36. The number of hydrogen-bond acceptors (Lipinski definition) is 1. The molecule has 0 rings (SSSR count). The maximum Gasteiger partial charge on any atom is 0.305 e. The van der Waals surface area contributed by atoms with E-state index in [1.807, 2.05) is 0 Å². The van der Waals surface area contributed by atoms with Crippen LogP contribution in [-0.4, -0.2) is 28.0 Å². The van der Waals surface area contributed by atoms with E-state index in [4.69, 9.17) is 5.73 Å². The van der Waals surface area contributed by atoms with Crippen LogP contribution in [-0.2, 0) is 0 Å². The van der Waals surface area contributed by atoms with E-state index in [9.17, 15) is 4.79 Å². The maximum absolute atomic E-state index is 9.88. The predicted octanol–water partition coefficient (Wildman–Crippen LogP) is -1.72. The lowest BCUT2D eigenvalue weighted by Crippen LogP contribution is -2.29. The molecule has 0 unspecified atom stereocenters. The molecule has 2 amide bonds. The zero-order valence-corrected chi connectivity index (χ0v) is 5.93. The molecule has 0 aromatic rings. The molecule has 36 valence electrons. The molecule has 0 aromatic heterocycles. The first-order chi connectivity index (χ1) is 2.64. The molecule has 0 aliphatic carbocycles. The van der Waals surface area contributed by atoms with E-state index >= 15 is 0 Å². The number of rotatable bonds is 0. The highest BCUT2D eigenvalue weighted by Crippen LogP contribution is 1.63. The molecule has 0 saturated heterocycles. The summed E-state index contributed by atoms with van der Waals surface area (Å²) in [5.74, 6) is 0. The third-order valence-electron chi connectivity index (χ3n) is 0.441. The van der Waals surface area contributed by atoms with Crippen molar-refractivity contribution >= 4 is 16.4 Å². The van der Waals surface area contributed by atoms with Gasteiger partial charge in [-0.15, -0.1) is 0 Å². The van der Waals surface area contributed by atoms with E-state index in [0.29, 0.717) is 10.4 Å².